The third kappa shape index (κ3) is 3.18. The number of nitrogens with two attached hydrogens (primary N) is 1. The molecule has 0 unspecified atom stereocenters. The third-order valence-corrected chi connectivity index (χ3v) is 2.88. The summed E-state index contributed by atoms with van der Waals surface area (Å²) < 4.78 is 5.77. The molecule has 0 aliphatic rings. The summed E-state index contributed by atoms with van der Waals surface area (Å²) in [6.45, 7) is 5.34. The van der Waals surface area contributed by atoms with Gasteiger partial charge in [0.2, 0.25) is 0 Å². The predicted molar refractivity (Wildman–Crippen MR) is 65.4 cm³/mol. The van der Waals surface area contributed by atoms with Crippen LogP contribution in [-0.4, -0.2) is 36.1 Å². The molecule has 0 amide bonds. The summed E-state index contributed by atoms with van der Waals surface area (Å²) in [5, 5.41) is 0. The fourth-order valence-electron chi connectivity index (χ4n) is 1.09. The molecule has 0 saturated heterocycles. The lowest BCUT2D eigenvalue weighted by Gasteiger charge is -2.32. The minimum absolute atomic E-state index is 0.0122. The second kappa shape index (κ2) is 5.27. The number of rotatable bonds is 5. The number of ether oxygens (including phenoxy) is 1. The van der Waals surface area contributed by atoms with Crippen molar-refractivity contribution in [2.45, 2.75) is 25.9 Å². The van der Waals surface area contributed by atoms with E-state index in [1.165, 1.54) is 0 Å². The number of aromatic nitrogens is 1. The van der Waals surface area contributed by atoms with Crippen LogP contribution in [0.5, 0.6) is 5.75 Å². The van der Waals surface area contributed by atoms with Crippen molar-refractivity contribution < 1.29 is 4.74 Å². The van der Waals surface area contributed by atoms with Gasteiger partial charge in [0.1, 0.15) is 12.4 Å². The summed E-state index contributed by atoms with van der Waals surface area (Å²) in [5.74, 6) is 0.778. The van der Waals surface area contributed by atoms with E-state index in [1.54, 1.807) is 12.4 Å². The van der Waals surface area contributed by atoms with Gasteiger partial charge in [-0.2, -0.15) is 0 Å². The molecular formula is C12H21N3O. The Labute approximate surface area is 97.4 Å². The number of pyridine rings is 1. The lowest BCUT2D eigenvalue weighted by atomic mass is 10.1. The molecule has 0 radical (unpaired) electrons. The van der Waals surface area contributed by atoms with Gasteiger partial charge in [-0.05, 0) is 34.0 Å². The maximum absolute atomic E-state index is 5.77. The highest BCUT2D eigenvalue weighted by Gasteiger charge is 2.21. The van der Waals surface area contributed by atoms with Crippen LogP contribution in [0.2, 0.25) is 0 Å². The van der Waals surface area contributed by atoms with Crippen molar-refractivity contribution in [2.24, 2.45) is 5.73 Å². The third-order valence-electron chi connectivity index (χ3n) is 2.88. The van der Waals surface area contributed by atoms with E-state index in [9.17, 15) is 0 Å². The van der Waals surface area contributed by atoms with Gasteiger partial charge in [0, 0.05) is 23.8 Å². The first-order chi connectivity index (χ1) is 7.47. The summed E-state index contributed by atoms with van der Waals surface area (Å²) in [6, 6.07) is 1.89. The van der Waals surface area contributed by atoms with Crippen LogP contribution in [0.4, 0.5) is 0 Å². The Bertz CT molecular complexity index is 337. The molecule has 16 heavy (non-hydrogen) atoms. The molecule has 90 valence electrons. The molecule has 0 aliphatic heterocycles. The lowest BCUT2D eigenvalue weighted by Crippen LogP contribution is -2.43. The molecule has 0 bridgehead atoms. The van der Waals surface area contributed by atoms with Crippen LogP contribution >= 0.6 is 0 Å². The number of hydrogen-bond donors (Lipinski definition) is 1. The lowest BCUT2D eigenvalue weighted by molar-refractivity contribution is 0.113. The van der Waals surface area contributed by atoms with E-state index < -0.39 is 0 Å². The molecule has 1 aromatic heterocycles. The van der Waals surface area contributed by atoms with Gasteiger partial charge in [-0.15, -0.1) is 0 Å². The van der Waals surface area contributed by atoms with Crippen LogP contribution in [0.3, 0.4) is 0 Å². The fourth-order valence-corrected chi connectivity index (χ4v) is 1.09. The molecule has 1 aromatic rings. The Balaban J connectivity index is 2.67. The largest absolute Gasteiger partial charge is 0.490 e. The average molecular weight is 223 g/mol. The molecule has 0 spiro atoms. The normalized spacial score (nSPS) is 11.9. The SMILES string of the molecule is CN(C)C(C)(C)COc1cnccc1CN. The van der Waals surface area contributed by atoms with Gasteiger partial charge in [0.15, 0.2) is 0 Å². The maximum Gasteiger partial charge on any atom is 0.142 e. The molecule has 0 aromatic carbocycles. The topological polar surface area (TPSA) is 51.4 Å². The Morgan fingerprint density at radius 1 is 1.44 bits per heavy atom. The van der Waals surface area contributed by atoms with Crippen molar-refractivity contribution in [1.82, 2.24) is 9.88 Å². The van der Waals surface area contributed by atoms with Crippen molar-refractivity contribution in [3.8, 4) is 5.75 Å². The molecule has 0 atom stereocenters. The van der Waals surface area contributed by atoms with E-state index in [-0.39, 0.29) is 5.54 Å². The van der Waals surface area contributed by atoms with Gasteiger partial charge in [0.25, 0.3) is 0 Å². The molecular weight excluding hydrogens is 202 g/mol. The van der Waals surface area contributed by atoms with Crippen molar-refractivity contribution in [3.63, 3.8) is 0 Å². The minimum atomic E-state index is -0.0122. The highest BCUT2D eigenvalue weighted by Crippen LogP contribution is 2.18. The van der Waals surface area contributed by atoms with Crippen molar-refractivity contribution >= 4 is 0 Å². The highest BCUT2D eigenvalue weighted by atomic mass is 16.5. The zero-order valence-electron chi connectivity index (χ0n) is 10.5. The van der Waals surface area contributed by atoms with Crippen LogP contribution in [0.1, 0.15) is 19.4 Å². The molecule has 1 heterocycles. The average Bonchev–Trinajstić information content (AvgIpc) is 2.26. The number of hydrogen-bond acceptors (Lipinski definition) is 4. The summed E-state index contributed by atoms with van der Waals surface area (Å²) in [7, 11) is 4.08. The first kappa shape index (κ1) is 12.9. The smallest absolute Gasteiger partial charge is 0.142 e. The van der Waals surface area contributed by atoms with Crippen molar-refractivity contribution in [2.75, 3.05) is 20.7 Å². The first-order valence-electron chi connectivity index (χ1n) is 5.40. The quantitative estimate of drug-likeness (QED) is 0.816. The highest BCUT2D eigenvalue weighted by molar-refractivity contribution is 5.29. The van der Waals surface area contributed by atoms with Crippen LogP contribution < -0.4 is 10.5 Å². The molecule has 4 nitrogen and oxygen atoms in total. The summed E-state index contributed by atoms with van der Waals surface area (Å²) >= 11 is 0. The Hall–Kier alpha value is -1.13. The van der Waals surface area contributed by atoms with Crippen LogP contribution in [0.25, 0.3) is 0 Å². The summed E-state index contributed by atoms with van der Waals surface area (Å²) in [4.78, 5) is 6.18. The molecule has 0 fully saturated rings. The molecule has 2 N–H and O–H groups in total. The van der Waals surface area contributed by atoms with Crippen LogP contribution in [0, 0.1) is 0 Å². The van der Waals surface area contributed by atoms with E-state index in [2.05, 4.69) is 23.7 Å². The zero-order chi connectivity index (χ0) is 12.2. The summed E-state index contributed by atoms with van der Waals surface area (Å²) in [5.41, 5.74) is 6.61. The second-order valence-electron chi connectivity index (χ2n) is 4.68. The monoisotopic (exact) mass is 223 g/mol. The Morgan fingerprint density at radius 3 is 2.69 bits per heavy atom. The standard InChI is InChI=1S/C12H21N3O/c1-12(2,15(3)4)9-16-11-8-14-6-5-10(11)7-13/h5-6,8H,7,9,13H2,1-4H3. The van der Waals surface area contributed by atoms with E-state index in [4.69, 9.17) is 10.5 Å². The van der Waals surface area contributed by atoms with E-state index in [0.717, 1.165) is 11.3 Å². The number of likely N-dealkylation sites (N-methyl/N-ethyl adjacent to an activating group) is 1. The summed E-state index contributed by atoms with van der Waals surface area (Å²) in [6.07, 6.45) is 3.44. The van der Waals surface area contributed by atoms with E-state index in [0.29, 0.717) is 13.2 Å². The zero-order valence-corrected chi connectivity index (χ0v) is 10.5. The maximum atomic E-state index is 5.77. The van der Waals surface area contributed by atoms with Gasteiger partial charge in [-0.1, -0.05) is 0 Å². The van der Waals surface area contributed by atoms with Gasteiger partial charge in [-0.3, -0.25) is 4.98 Å². The second-order valence-corrected chi connectivity index (χ2v) is 4.68. The molecule has 1 rings (SSSR count). The van der Waals surface area contributed by atoms with Crippen LogP contribution in [0.15, 0.2) is 18.5 Å². The van der Waals surface area contributed by atoms with Crippen molar-refractivity contribution in [3.05, 3.63) is 24.0 Å². The predicted octanol–water partition coefficient (Wildman–Crippen LogP) is 1.26. The fraction of sp³-hybridized carbons (Fsp3) is 0.583. The first-order valence-corrected chi connectivity index (χ1v) is 5.40. The molecule has 0 saturated carbocycles. The number of nitrogens with zero attached hydrogens (tertiary/aromatic N) is 2. The molecule has 4 heteroatoms. The molecule has 0 aliphatic carbocycles. The van der Waals surface area contributed by atoms with Crippen LogP contribution in [-0.2, 0) is 6.54 Å². The van der Waals surface area contributed by atoms with E-state index in [1.807, 2.05) is 20.2 Å². The Kier molecular flexibility index (Phi) is 4.26. The Morgan fingerprint density at radius 2 is 2.12 bits per heavy atom. The van der Waals surface area contributed by atoms with Gasteiger partial charge in [-0.25, -0.2) is 0 Å². The van der Waals surface area contributed by atoms with E-state index >= 15 is 0 Å². The minimum Gasteiger partial charge on any atom is -0.490 e. The van der Waals surface area contributed by atoms with Gasteiger partial charge < -0.3 is 15.4 Å². The van der Waals surface area contributed by atoms with Crippen molar-refractivity contribution in [1.29, 1.82) is 0 Å². The van der Waals surface area contributed by atoms with Gasteiger partial charge in [0.05, 0.1) is 6.20 Å². The van der Waals surface area contributed by atoms with Gasteiger partial charge >= 0.3 is 0 Å².